The first-order valence-corrected chi connectivity index (χ1v) is 5.44. The number of halogens is 5. The van der Waals surface area contributed by atoms with Crippen LogP contribution in [0.3, 0.4) is 0 Å². The molecule has 0 aromatic carbocycles. The molecule has 0 aromatic rings. The van der Waals surface area contributed by atoms with Gasteiger partial charge in [0.15, 0.2) is 0 Å². The van der Waals surface area contributed by atoms with Gasteiger partial charge in [0.05, 0.1) is 6.54 Å². The number of carbonyl (C=O) groups is 2. The van der Waals surface area contributed by atoms with Crippen LogP contribution in [0.5, 0.6) is 0 Å². The van der Waals surface area contributed by atoms with Gasteiger partial charge in [-0.3, -0.25) is 15.0 Å². The van der Waals surface area contributed by atoms with Gasteiger partial charge in [0.1, 0.15) is 6.54 Å². The van der Waals surface area contributed by atoms with Crippen molar-refractivity contribution in [2.24, 2.45) is 0 Å². The minimum atomic E-state index is -4.49. The zero-order valence-electron chi connectivity index (χ0n) is 10.5. The average Bonchev–Trinajstić information content (AvgIpc) is 2.26. The summed E-state index contributed by atoms with van der Waals surface area (Å²) in [6.45, 7) is 1.36. The lowest BCUT2D eigenvalue weighted by atomic mass is 10.3. The van der Waals surface area contributed by atoms with Gasteiger partial charge in [-0.15, -0.1) is 24.8 Å². The zero-order chi connectivity index (χ0) is 13.6. The largest absolute Gasteiger partial charge is 0.405 e. The first-order valence-electron chi connectivity index (χ1n) is 5.44. The van der Waals surface area contributed by atoms with Gasteiger partial charge in [0, 0.05) is 26.2 Å². The minimum Gasteiger partial charge on any atom is -0.329 e. The molecule has 0 radical (unpaired) electrons. The summed E-state index contributed by atoms with van der Waals surface area (Å²) in [6.07, 6.45) is -4.49. The van der Waals surface area contributed by atoms with Crippen molar-refractivity contribution in [3.05, 3.63) is 0 Å². The predicted molar refractivity (Wildman–Crippen MR) is 71.4 cm³/mol. The topological polar surface area (TPSA) is 73.5 Å². The van der Waals surface area contributed by atoms with Gasteiger partial charge in [-0.1, -0.05) is 0 Å². The Morgan fingerprint density at radius 1 is 1.15 bits per heavy atom. The Bertz CT molecular complexity index is 312. The van der Waals surface area contributed by atoms with Crippen molar-refractivity contribution < 1.29 is 22.8 Å². The molecule has 1 saturated heterocycles. The number of hydrogen-bond acceptors (Lipinski definition) is 4. The minimum absolute atomic E-state index is 0. The number of rotatable bonds is 3. The molecule has 1 fully saturated rings. The first kappa shape index (κ1) is 21.5. The molecule has 6 nitrogen and oxygen atoms in total. The van der Waals surface area contributed by atoms with E-state index in [1.54, 1.807) is 5.32 Å². The molecule has 0 spiro atoms. The SMILES string of the molecule is Cl.Cl.O=C(CN1CCNCC1)NC(=O)NCC(F)(F)F. The van der Waals surface area contributed by atoms with Crippen LogP contribution >= 0.6 is 24.8 Å². The van der Waals surface area contributed by atoms with Crippen LogP contribution < -0.4 is 16.0 Å². The number of nitrogens with one attached hydrogen (secondary N) is 3. The molecule has 11 heteroatoms. The molecule has 0 saturated carbocycles. The maximum atomic E-state index is 11.8. The van der Waals surface area contributed by atoms with Gasteiger partial charge >= 0.3 is 12.2 Å². The summed E-state index contributed by atoms with van der Waals surface area (Å²) in [4.78, 5) is 24.1. The maximum Gasteiger partial charge on any atom is 0.405 e. The highest BCUT2D eigenvalue weighted by Crippen LogP contribution is 2.11. The molecule has 3 N–H and O–H groups in total. The van der Waals surface area contributed by atoms with Gasteiger partial charge < -0.3 is 10.6 Å². The van der Waals surface area contributed by atoms with Crippen LogP contribution in [-0.4, -0.2) is 62.3 Å². The standard InChI is InChI=1S/C9H15F3N4O2.2ClH/c10-9(11,12)6-14-8(18)15-7(17)5-16-3-1-13-2-4-16;;/h13H,1-6H2,(H2,14,15,17,18);2*1H. The molecule has 120 valence electrons. The number of nitrogens with zero attached hydrogens (tertiary/aromatic N) is 1. The van der Waals surface area contributed by atoms with Crippen molar-refractivity contribution in [1.82, 2.24) is 20.9 Å². The van der Waals surface area contributed by atoms with E-state index in [1.165, 1.54) is 0 Å². The van der Waals surface area contributed by atoms with Crippen molar-refractivity contribution in [3.63, 3.8) is 0 Å². The Hall–Kier alpha value is -0.770. The molecule has 1 rings (SSSR count). The van der Waals surface area contributed by atoms with Crippen LogP contribution in [0.2, 0.25) is 0 Å². The normalized spacial score (nSPS) is 15.6. The number of imide groups is 1. The van der Waals surface area contributed by atoms with E-state index in [1.807, 2.05) is 10.2 Å². The van der Waals surface area contributed by atoms with E-state index in [-0.39, 0.29) is 31.4 Å². The molecular formula is C9H17Cl2F3N4O2. The lowest BCUT2D eigenvalue weighted by Gasteiger charge is -2.26. The summed E-state index contributed by atoms with van der Waals surface area (Å²) >= 11 is 0. The fraction of sp³-hybridized carbons (Fsp3) is 0.778. The number of urea groups is 1. The summed E-state index contributed by atoms with van der Waals surface area (Å²) in [5.41, 5.74) is 0. The van der Waals surface area contributed by atoms with Gasteiger partial charge in [0.2, 0.25) is 5.91 Å². The fourth-order valence-corrected chi connectivity index (χ4v) is 1.46. The van der Waals surface area contributed by atoms with Crippen molar-refractivity contribution in [1.29, 1.82) is 0 Å². The second-order valence-electron chi connectivity index (χ2n) is 3.87. The lowest BCUT2D eigenvalue weighted by Crippen LogP contribution is -2.50. The summed E-state index contributed by atoms with van der Waals surface area (Å²) in [6, 6.07) is -1.13. The monoisotopic (exact) mass is 340 g/mol. The average molecular weight is 341 g/mol. The van der Waals surface area contributed by atoms with E-state index in [0.717, 1.165) is 13.1 Å². The third-order valence-corrected chi connectivity index (χ3v) is 2.28. The third-order valence-electron chi connectivity index (χ3n) is 2.28. The van der Waals surface area contributed by atoms with Crippen molar-refractivity contribution in [2.75, 3.05) is 39.3 Å². The molecule has 1 aliphatic rings. The Kier molecular flexibility index (Phi) is 10.8. The Balaban J connectivity index is 0. The fourth-order valence-electron chi connectivity index (χ4n) is 1.46. The summed E-state index contributed by atoms with van der Waals surface area (Å²) in [7, 11) is 0. The molecule has 0 atom stereocenters. The number of carbonyl (C=O) groups excluding carboxylic acids is 2. The molecule has 1 aliphatic heterocycles. The molecule has 0 aliphatic carbocycles. The maximum absolute atomic E-state index is 11.8. The van der Waals surface area contributed by atoms with Crippen LogP contribution in [0.4, 0.5) is 18.0 Å². The van der Waals surface area contributed by atoms with Crippen LogP contribution in [0.15, 0.2) is 0 Å². The van der Waals surface area contributed by atoms with Crippen LogP contribution in [-0.2, 0) is 4.79 Å². The highest BCUT2D eigenvalue weighted by molar-refractivity contribution is 5.95. The van der Waals surface area contributed by atoms with Crippen LogP contribution in [0.25, 0.3) is 0 Å². The van der Waals surface area contributed by atoms with E-state index >= 15 is 0 Å². The Morgan fingerprint density at radius 2 is 1.70 bits per heavy atom. The Morgan fingerprint density at radius 3 is 2.20 bits per heavy atom. The van der Waals surface area contributed by atoms with Crippen LogP contribution in [0, 0.1) is 0 Å². The number of alkyl halides is 3. The van der Waals surface area contributed by atoms with Gasteiger partial charge in [-0.25, -0.2) is 4.79 Å². The van der Waals surface area contributed by atoms with Crippen molar-refractivity contribution in [2.45, 2.75) is 6.18 Å². The number of piperazine rings is 1. The third kappa shape index (κ3) is 10.1. The van der Waals surface area contributed by atoms with Gasteiger partial charge in [-0.2, -0.15) is 13.2 Å². The Labute approximate surface area is 126 Å². The molecule has 0 unspecified atom stereocenters. The summed E-state index contributed by atoms with van der Waals surface area (Å²) in [5, 5.41) is 6.50. The summed E-state index contributed by atoms with van der Waals surface area (Å²) < 4.78 is 35.4. The van der Waals surface area contributed by atoms with E-state index in [0.29, 0.717) is 13.1 Å². The molecule has 0 aromatic heterocycles. The highest BCUT2D eigenvalue weighted by atomic mass is 35.5. The second-order valence-corrected chi connectivity index (χ2v) is 3.87. The van der Waals surface area contributed by atoms with Crippen molar-refractivity contribution in [3.8, 4) is 0 Å². The zero-order valence-corrected chi connectivity index (χ0v) is 12.1. The lowest BCUT2D eigenvalue weighted by molar-refractivity contribution is -0.125. The van der Waals surface area contributed by atoms with E-state index < -0.39 is 24.7 Å². The predicted octanol–water partition coefficient (Wildman–Crippen LogP) is 0.123. The molecule has 3 amide bonds. The highest BCUT2D eigenvalue weighted by Gasteiger charge is 2.28. The molecule has 20 heavy (non-hydrogen) atoms. The molecular weight excluding hydrogens is 324 g/mol. The quantitative estimate of drug-likeness (QED) is 0.682. The molecule has 0 bridgehead atoms. The second kappa shape index (κ2) is 10.0. The van der Waals surface area contributed by atoms with Gasteiger partial charge in [-0.05, 0) is 0 Å². The first-order chi connectivity index (χ1) is 8.37. The van der Waals surface area contributed by atoms with Gasteiger partial charge in [0.25, 0.3) is 0 Å². The number of amides is 3. The van der Waals surface area contributed by atoms with E-state index in [9.17, 15) is 22.8 Å². The summed E-state index contributed by atoms with van der Waals surface area (Å²) in [5.74, 6) is -0.614. The van der Waals surface area contributed by atoms with Crippen molar-refractivity contribution >= 4 is 36.8 Å². The van der Waals surface area contributed by atoms with E-state index in [2.05, 4.69) is 5.32 Å². The molecule has 1 heterocycles. The smallest absolute Gasteiger partial charge is 0.329 e. The number of hydrogen-bond donors (Lipinski definition) is 3. The van der Waals surface area contributed by atoms with Crippen LogP contribution in [0.1, 0.15) is 0 Å². The van der Waals surface area contributed by atoms with E-state index in [4.69, 9.17) is 0 Å².